The lowest BCUT2D eigenvalue weighted by Crippen LogP contribution is -2.30. The maximum Gasteiger partial charge on any atom is 0.472 e. The molecule has 0 aliphatic rings. The molecular weight excluding hydrogens is 1290 g/mol. The summed E-state index contributed by atoms with van der Waals surface area (Å²) >= 11 is 0. The van der Waals surface area contributed by atoms with Gasteiger partial charge in [0.2, 0.25) is 0 Å². The topological polar surface area (TPSA) is 237 Å². The van der Waals surface area contributed by atoms with Crippen LogP contribution in [0.15, 0.2) is 0 Å². The Morgan fingerprint density at radius 3 is 0.768 bits per heavy atom. The maximum absolute atomic E-state index is 13.1. The number of phosphoric acid groups is 2. The van der Waals surface area contributed by atoms with Gasteiger partial charge in [-0.1, -0.05) is 363 Å². The van der Waals surface area contributed by atoms with Crippen LogP contribution in [0, 0.1) is 17.8 Å². The van der Waals surface area contributed by atoms with Crippen LogP contribution in [0.2, 0.25) is 0 Å². The van der Waals surface area contributed by atoms with E-state index in [9.17, 15) is 43.2 Å². The number of phosphoric ester groups is 2. The Bertz CT molecular complexity index is 1920. The standard InChI is InChI=1S/C80H156O17P2/c1-8-10-11-12-13-40-47-54-61-77(82)90-67-75(97-80(85)64-57-50-43-36-35-39-46-53-60-73(7)9-2)69-94-98(86,87)92-65-74(81)66-93-99(88,89)95-70-76(68-91-78(83)62-55-48-41-33-29-25-22-18-20-24-28-32-38-45-52-59-72(5)6)96-79(84)63-56-49-42-34-30-26-21-17-15-14-16-19-23-27-31-37-44-51-58-71(3)4/h71-76,81H,8-70H2,1-7H3,(H,86,87)(H,88,89)/t73?,74-,75+,76+/m0/s1. The highest BCUT2D eigenvalue weighted by atomic mass is 31.2. The molecule has 3 N–H and O–H groups in total. The minimum absolute atomic E-state index is 0.105. The van der Waals surface area contributed by atoms with Gasteiger partial charge < -0.3 is 33.8 Å². The first kappa shape index (κ1) is 97.1. The van der Waals surface area contributed by atoms with Crippen molar-refractivity contribution in [1.29, 1.82) is 0 Å². The number of aliphatic hydroxyl groups is 1. The van der Waals surface area contributed by atoms with E-state index in [4.69, 9.17) is 37.0 Å². The molecule has 19 heteroatoms. The van der Waals surface area contributed by atoms with Gasteiger partial charge in [-0.2, -0.15) is 0 Å². The second-order valence-corrected chi connectivity index (χ2v) is 32.9. The molecule has 0 aliphatic carbocycles. The molecule has 588 valence electrons. The number of carbonyl (C=O) groups excluding carboxylic acids is 4. The van der Waals surface area contributed by atoms with Gasteiger partial charge in [-0.05, 0) is 43.4 Å². The molecule has 3 unspecified atom stereocenters. The van der Waals surface area contributed by atoms with Gasteiger partial charge in [0.25, 0.3) is 0 Å². The number of esters is 4. The number of aliphatic hydroxyl groups excluding tert-OH is 1. The highest BCUT2D eigenvalue weighted by Gasteiger charge is 2.30. The van der Waals surface area contributed by atoms with E-state index in [0.717, 1.165) is 114 Å². The summed E-state index contributed by atoms with van der Waals surface area (Å²) in [7, 11) is -9.91. The molecule has 0 fully saturated rings. The smallest absolute Gasteiger partial charge is 0.462 e. The largest absolute Gasteiger partial charge is 0.472 e. The third kappa shape index (κ3) is 72.8. The quantitative estimate of drug-likeness (QED) is 0.0222. The number of rotatable bonds is 78. The van der Waals surface area contributed by atoms with Crippen molar-refractivity contribution < 1.29 is 80.2 Å². The van der Waals surface area contributed by atoms with Crippen LogP contribution in [-0.4, -0.2) is 96.7 Å². The van der Waals surface area contributed by atoms with E-state index in [1.807, 2.05) is 0 Å². The van der Waals surface area contributed by atoms with E-state index in [2.05, 4.69) is 48.5 Å². The van der Waals surface area contributed by atoms with E-state index >= 15 is 0 Å². The summed E-state index contributed by atoms with van der Waals surface area (Å²) in [5.74, 6) is 0.280. The van der Waals surface area contributed by atoms with E-state index in [1.165, 1.54) is 218 Å². The van der Waals surface area contributed by atoms with E-state index in [0.29, 0.717) is 25.7 Å². The van der Waals surface area contributed by atoms with Crippen molar-refractivity contribution in [2.45, 2.75) is 433 Å². The summed E-state index contributed by atoms with van der Waals surface area (Å²) in [6.07, 6.45) is 58.4. The monoisotopic (exact) mass is 1450 g/mol. The van der Waals surface area contributed by atoms with Crippen LogP contribution in [0.4, 0.5) is 0 Å². The van der Waals surface area contributed by atoms with Gasteiger partial charge in [0.15, 0.2) is 12.2 Å². The predicted molar refractivity (Wildman–Crippen MR) is 405 cm³/mol. The minimum atomic E-state index is -4.96. The molecule has 0 aromatic heterocycles. The lowest BCUT2D eigenvalue weighted by Gasteiger charge is -2.21. The fraction of sp³-hybridized carbons (Fsp3) is 0.950. The SMILES string of the molecule is CCCCCCCCCCC(=O)OC[C@H](COP(=O)(O)OC[C@H](O)COP(=O)(O)OC[C@@H](COC(=O)CCCCCCCCCCCCCCCCCC(C)C)OC(=O)CCCCCCCCCCCCCCCCCCCCC(C)C)OC(=O)CCCCCCCCCCC(C)CC. The summed E-state index contributed by atoms with van der Waals surface area (Å²) in [6, 6.07) is 0. The summed E-state index contributed by atoms with van der Waals surface area (Å²) in [5.41, 5.74) is 0. The van der Waals surface area contributed by atoms with Gasteiger partial charge in [-0.3, -0.25) is 37.3 Å². The number of hydrogen-bond acceptors (Lipinski definition) is 15. The fourth-order valence-electron chi connectivity index (χ4n) is 12.3. The summed E-state index contributed by atoms with van der Waals surface area (Å²) in [5, 5.41) is 10.6. The summed E-state index contributed by atoms with van der Waals surface area (Å²) < 4.78 is 68.6. The Balaban J connectivity index is 5.19. The summed E-state index contributed by atoms with van der Waals surface area (Å²) in [4.78, 5) is 72.9. The van der Waals surface area contributed by atoms with Gasteiger partial charge in [-0.25, -0.2) is 9.13 Å². The molecule has 0 bridgehead atoms. The Labute approximate surface area is 607 Å². The zero-order valence-electron chi connectivity index (χ0n) is 65.0. The molecule has 17 nitrogen and oxygen atoms in total. The third-order valence-corrected chi connectivity index (χ3v) is 20.9. The Morgan fingerprint density at radius 2 is 0.515 bits per heavy atom. The molecule has 0 spiro atoms. The van der Waals surface area contributed by atoms with Crippen LogP contribution in [0.5, 0.6) is 0 Å². The molecule has 0 aromatic carbocycles. The van der Waals surface area contributed by atoms with Crippen molar-refractivity contribution in [1.82, 2.24) is 0 Å². The van der Waals surface area contributed by atoms with Crippen molar-refractivity contribution >= 4 is 39.5 Å². The zero-order valence-corrected chi connectivity index (χ0v) is 66.8. The first-order chi connectivity index (χ1) is 47.8. The van der Waals surface area contributed by atoms with Crippen molar-refractivity contribution in [3.05, 3.63) is 0 Å². The first-order valence-electron chi connectivity index (χ1n) is 41.4. The molecular formula is C80H156O17P2. The van der Waals surface area contributed by atoms with Crippen molar-refractivity contribution in [2.24, 2.45) is 17.8 Å². The highest BCUT2D eigenvalue weighted by Crippen LogP contribution is 2.45. The summed E-state index contributed by atoms with van der Waals surface area (Å²) in [6.45, 7) is 12.0. The van der Waals surface area contributed by atoms with Crippen LogP contribution >= 0.6 is 15.6 Å². The minimum Gasteiger partial charge on any atom is -0.462 e. The fourth-order valence-corrected chi connectivity index (χ4v) is 13.9. The first-order valence-corrected chi connectivity index (χ1v) is 44.4. The second-order valence-electron chi connectivity index (χ2n) is 30.0. The van der Waals surface area contributed by atoms with E-state index in [-0.39, 0.29) is 25.7 Å². The molecule has 0 amide bonds. The number of hydrogen-bond donors (Lipinski definition) is 3. The number of carbonyl (C=O) groups is 4. The molecule has 99 heavy (non-hydrogen) atoms. The Morgan fingerprint density at radius 1 is 0.293 bits per heavy atom. The predicted octanol–water partition coefficient (Wildman–Crippen LogP) is 23.7. The van der Waals surface area contributed by atoms with Crippen molar-refractivity contribution in [3.63, 3.8) is 0 Å². The molecule has 0 rings (SSSR count). The van der Waals surface area contributed by atoms with Crippen LogP contribution in [0.25, 0.3) is 0 Å². The number of unbranched alkanes of at least 4 members (excludes halogenated alkanes) is 45. The molecule has 0 aliphatic heterocycles. The van der Waals surface area contributed by atoms with Crippen LogP contribution < -0.4 is 0 Å². The highest BCUT2D eigenvalue weighted by molar-refractivity contribution is 7.47. The van der Waals surface area contributed by atoms with E-state index in [1.54, 1.807) is 0 Å². The molecule has 0 saturated heterocycles. The average molecular weight is 1450 g/mol. The molecule has 6 atom stereocenters. The lowest BCUT2D eigenvalue weighted by atomic mass is 9.99. The molecule has 0 aromatic rings. The van der Waals surface area contributed by atoms with Gasteiger partial charge in [0.1, 0.15) is 19.3 Å². The van der Waals surface area contributed by atoms with Crippen LogP contribution in [0.3, 0.4) is 0 Å². The maximum atomic E-state index is 13.1. The van der Waals surface area contributed by atoms with Gasteiger partial charge in [0.05, 0.1) is 26.4 Å². The van der Waals surface area contributed by atoms with Crippen molar-refractivity contribution in [2.75, 3.05) is 39.6 Å². The molecule has 0 heterocycles. The van der Waals surface area contributed by atoms with Crippen LogP contribution in [-0.2, 0) is 65.4 Å². The van der Waals surface area contributed by atoms with Crippen molar-refractivity contribution in [3.8, 4) is 0 Å². The lowest BCUT2D eigenvalue weighted by molar-refractivity contribution is -0.161. The van der Waals surface area contributed by atoms with Gasteiger partial charge in [-0.15, -0.1) is 0 Å². The van der Waals surface area contributed by atoms with Gasteiger partial charge >= 0.3 is 39.5 Å². The second kappa shape index (κ2) is 70.4. The van der Waals surface area contributed by atoms with Crippen LogP contribution in [0.1, 0.15) is 414 Å². The number of ether oxygens (including phenoxy) is 4. The molecule has 0 radical (unpaired) electrons. The Hall–Kier alpha value is -1.94. The van der Waals surface area contributed by atoms with E-state index < -0.39 is 97.5 Å². The average Bonchev–Trinajstić information content (AvgIpc) is 1.00. The van der Waals surface area contributed by atoms with Gasteiger partial charge in [0, 0.05) is 25.7 Å². The third-order valence-electron chi connectivity index (χ3n) is 19.0. The molecule has 0 saturated carbocycles. The normalized spacial score (nSPS) is 14.3. The zero-order chi connectivity index (χ0) is 73.0. The Kier molecular flexibility index (Phi) is 69.0.